The summed E-state index contributed by atoms with van der Waals surface area (Å²) in [4.78, 5) is 0. The van der Waals surface area contributed by atoms with Crippen molar-refractivity contribution in [1.82, 2.24) is 0 Å². The molecule has 0 amide bonds. The Morgan fingerprint density at radius 2 is 2.05 bits per heavy atom. The van der Waals surface area contributed by atoms with E-state index < -0.39 is 6.10 Å². The molecule has 0 aliphatic rings. The number of aliphatic hydroxyl groups excluding tert-OH is 1. The Bertz CT molecular complexity index is 480. The van der Waals surface area contributed by atoms with Gasteiger partial charge in [0.05, 0.1) is 30.4 Å². The van der Waals surface area contributed by atoms with Crippen LogP contribution in [0.3, 0.4) is 0 Å². The minimum Gasteiger partial charge on any atom is -0.389 e. The number of nitrogens with one attached hydrogen (secondary N) is 1. The molecule has 1 aromatic rings. The highest BCUT2D eigenvalue weighted by molar-refractivity contribution is 5.55. The Hall–Kier alpha value is -1.57. The molecule has 2 N–H and O–H groups in total. The summed E-state index contributed by atoms with van der Waals surface area (Å²) in [6.07, 6.45) is 0.580. The zero-order valence-corrected chi connectivity index (χ0v) is 13.4. The van der Waals surface area contributed by atoms with Crippen molar-refractivity contribution in [3.8, 4) is 6.07 Å². The van der Waals surface area contributed by atoms with Crippen molar-refractivity contribution in [1.29, 1.82) is 5.26 Å². The first-order chi connectivity index (χ1) is 9.92. The Morgan fingerprint density at radius 3 is 2.67 bits per heavy atom. The summed E-state index contributed by atoms with van der Waals surface area (Å²) in [7, 11) is 0. The van der Waals surface area contributed by atoms with Crippen LogP contribution in [0.2, 0.25) is 0 Å². The van der Waals surface area contributed by atoms with Gasteiger partial charge in [0, 0.05) is 12.2 Å². The molecule has 1 aromatic carbocycles. The summed E-state index contributed by atoms with van der Waals surface area (Å²) in [5, 5.41) is 22.0. The van der Waals surface area contributed by atoms with Crippen molar-refractivity contribution in [2.24, 2.45) is 5.92 Å². The van der Waals surface area contributed by atoms with Gasteiger partial charge in [-0.3, -0.25) is 0 Å². The molecular weight excluding hydrogens is 264 g/mol. The van der Waals surface area contributed by atoms with E-state index in [1.54, 1.807) is 12.1 Å². The lowest BCUT2D eigenvalue weighted by molar-refractivity contribution is -0.00444. The Kier molecular flexibility index (Phi) is 7.21. The normalized spacial score (nSPS) is 13.8. The Balaban J connectivity index is 2.39. The fourth-order valence-electron chi connectivity index (χ4n) is 2.18. The fourth-order valence-corrected chi connectivity index (χ4v) is 2.18. The molecular formula is C17H26N2O2. The first-order valence-corrected chi connectivity index (χ1v) is 7.46. The number of benzene rings is 1. The number of hydrogen-bond donors (Lipinski definition) is 2. The van der Waals surface area contributed by atoms with Crippen LogP contribution in [0.1, 0.15) is 38.3 Å². The van der Waals surface area contributed by atoms with Crippen LogP contribution in [0.4, 0.5) is 5.69 Å². The molecule has 21 heavy (non-hydrogen) atoms. The van der Waals surface area contributed by atoms with E-state index in [0.29, 0.717) is 24.6 Å². The van der Waals surface area contributed by atoms with Crippen molar-refractivity contribution in [2.75, 3.05) is 18.5 Å². The molecule has 0 saturated heterocycles. The van der Waals surface area contributed by atoms with E-state index in [4.69, 9.17) is 10.00 Å². The van der Waals surface area contributed by atoms with Crippen molar-refractivity contribution in [3.05, 3.63) is 29.3 Å². The van der Waals surface area contributed by atoms with E-state index in [1.807, 2.05) is 19.9 Å². The number of nitrogens with zero attached hydrogens (tertiary/aromatic N) is 1. The number of anilines is 1. The number of nitriles is 1. The summed E-state index contributed by atoms with van der Waals surface area (Å²) < 4.78 is 5.64. The highest BCUT2D eigenvalue weighted by Crippen LogP contribution is 2.16. The van der Waals surface area contributed by atoms with Gasteiger partial charge < -0.3 is 15.2 Å². The quantitative estimate of drug-likeness (QED) is 0.772. The second kappa shape index (κ2) is 8.66. The van der Waals surface area contributed by atoms with E-state index in [2.05, 4.69) is 25.2 Å². The number of aryl methyl sites for hydroxylation is 1. The van der Waals surface area contributed by atoms with Crippen molar-refractivity contribution >= 4 is 5.69 Å². The molecule has 0 fully saturated rings. The highest BCUT2D eigenvalue weighted by Gasteiger charge is 2.10. The minimum absolute atomic E-state index is 0.156. The number of aliphatic hydroxyl groups is 1. The van der Waals surface area contributed by atoms with Gasteiger partial charge in [-0.1, -0.05) is 19.9 Å². The van der Waals surface area contributed by atoms with Gasteiger partial charge in [0.2, 0.25) is 0 Å². The Morgan fingerprint density at radius 1 is 1.33 bits per heavy atom. The molecule has 0 spiro atoms. The average molecular weight is 290 g/mol. The van der Waals surface area contributed by atoms with Crippen molar-refractivity contribution < 1.29 is 9.84 Å². The third kappa shape index (κ3) is 6.61. The van der Waals surface area contributed by atoms with Gasteiger partial charge in [0.15, 0.2) is 0 Å². The first kappa shape index (κ1) is 17.5. The van der Waals surface area contributed by atoms with Crippen LogP contribution in [-0.4, -0.2) is 30.5 Å². The third-order valence-electron chi connectivity index (χ3n) is 3.27. The van der Waals surface area contributed by atoms with E-state index >= 15 is 0 Å². The van der Waals surface area contributed by atoms with Gasteiger partial charge in [-0.2, -0.15) is 5.26 Å². The van der Waals surface area contributed by atoms with E-state index in [9.17, 15) is 5.11 Å². The van der Waals surface area contributed by atoms with Crippen molar-refractivity contribution in [2.45, 2.75) is 46.3 Å². The molecule has 1 rings (SSSR count). The van der Waals surface area contributed by atoms with Crippen LogP contribution in [0.25, 0.3) is 0 Å². The molecule has 116 valence electrons. The lowest BCUT2D eigenvalue weighted by atomic mass is 10.1. The largest absolute Gasteiger partial charge is 0.389 e. The second-order valence-corrected chi connectivity index (χ2v) is 5.95. The van der Waals surface area contributed by atoms with Crippen LogP contribution < -0.4 is 5.32 Å². The molecule has 4 heteroatoms. The average Bonchev–Trinajstić information content (AvgIpc) is 2.43. The zero-order valence-electron chi connectivity index (χ0n) is 13.4. The summed E-state index contributed by atoms with van der Waals surface area (Å²) >= 11 is 0. The van der Waals surface area contributed by atoms with E-state index in [0.717, 1.165) is 17.7 Å². The minimum atomic E-state index is -0.565. The molecule has 0 aromatic heterocycles. The van der Waals surface area contributed by atoms with Crippen LogP contribution >= 0.6 is 0 Å². The Labute approximate surface area is 127 Å². The molecule has 0 radical (unpaired) electrons. The topological polar surface area (TPSA) is 65.3 Å². The van der Waals surface area contributed by atoms with Crippen molar-refractivity contribution in [3.63, 3.8) is 0 Å². The molecule has 0 bridgehead atoms. The molecule has 0 saturated carbocycles. The summed E-state index contributed by atoms with van der Waals surface area (Å²) in [6.45, 7) is 9.03. The molecule has 4 nitrogen and oxygen atoms in total. The SMILES string of the molecule is Cc1ccc(C#N)cc1NCC(O)COC(C)CC(C)C. The predicted molar refractivity (Wildman–Crippen MR) is 85.3 cm³/mol. The van der Waals surface area contributed by atoms with Gasteiger partial charge in [-0.15, -0.1) is 0 Å². The summed E-state index contributed by atoms with van der Waals surface area (Å²) in [5.41, 5.74) is 2.54. The molecule has 0 heterocycles. The monoisotopic (exact) mass is 290 g/mol. The van der Waals surface area contributed by atoms with E-state index in [-0.39, 0.29) is 6.10 Å². The lowest BCUT2D eigenvalue weighted by Crippen LogP contribution is -2.27. The maximum atomic E-state index is 9.96. The second-order valence-electron chi connectivity index (χ2n) is 5.95. The number of ether oxygens (including phenoxy) is 1. The third-order valence-corrected chi connectivity index (χ3v) is 3.27. The van der Waals surface area contributed by atoms with Crippen LogP contribution in [0, 0.1) is 24.2 Å². The highest BCUT2D eigenvalue weighted by atomic mass is 16.5. The van der Waals surface area contributed by atoms with Gasteiger partial charge in [-0.05, 0) is 43.9 Å². The van der Waals surface area contributed by atoms with Gasteiger partial charge in [0.25, 0.3) is 0 Å². The maximum Gasteiger partial charge on any atom is 0.0992 e. The van der Waals surface area contributed by atoms with Crippen LogP contribution in [0.15, 0.2) is 18.2 Å². The van der Waals surface area contributed by atoms with Gasteiger partial charge in [0.1, 0.15) is 0 Å². The molecule has 0 aliphatic carbocycles. The van der Waals surface area contributed by atoms with Gasteiger partial charge in [-0.25, -0.2) is 0 Å². The smallest absolute Gasteiger partial charge is 0.0992 e. The molecule has 2 unspecified atom stereocenters. The summed E-state index contributed by atoms with van der Waals surface area (Å²) in [6, 6.07) is 7.59. The first-order valence-electron chi connectivity index (χ1n) is 7.46. The standard InChI is InChI=1S/C17H26N2O2/c1-12(2)7-14(4)21-11-16(20)10-19-17-8-15(9-18)6-5-13(17)3/h5-6,8,12,14,16,19-20H,7,10-11H2,1-4H3. The molecule has 2 atom stereocenters. The zero-order chi connectivity index (χ0) is 15.8. The van der Waals surface area contributed by atoms with Crippen LogP contribution in [-0.2, 0) is 4.74 Å². The fraction of sp³-hybridized carbons (Fsp3) is 0.588. The van der Waals surface area contributed by atoms with Crippen LogP contribution in [0.5, 0.6) is 0 Å². The maximum absolute atomic E-state index is 9.96. The van der Waals surface area contributed by atoms with Gasteiger partial charge >= 0.3 is 0 Å². The molecule has 0 aliphatic heterocycles. The summed E-state index contributed by atoms with van der Waals surface area (Å²) in [5.74, 6) is 0.589. The van der Waals surface area contributed by atoms with E-state index in [1.165, 1.54) is 0 Å². The lowest BCUT2D eigenvalue weighted by Gasteiger charge is -2.19. The number of rotatable bonds is 8. The predicted octanol–water partition coefficient (Wildman–Crippen LogP) is 3.09. The number of hydrogen-bond acceptors (Lipinski definition) is 4.